The first-order valence-electron chi connectivity index (χ1n) is 4.02. The lowest BCUT2D eigenvalue weighted by Gasteiger charge is -2.14. The SMILES string of the molecule is CCN(C)c1ccc(C(=O)Cl)cn1. The fraction of sp³-hybridized carbons (Fsp3) is 0.333. The van der Waals surface area contributed by atoms with E-state index < -0.39 is 5.24 Å². The molecule has 0 saturated heterocycles. The first-order valence-corrected chi connectivity index (χ1v) is 4.40. The van der Waals surface area contributed by atoms with E-state index in [1.54, 1.807) is 12.1 Å². The van der Waals surface area contributed by atoms with Gasteiger partial charge in [-0.2, -0.15) is 0 Å². The maximum Gasteiger partial charge on any atom is 0.253 e. The van der Waals surface area contributed by atoms with E-state index in [-0.39, 0.29) is 0 Å². The predicted octanol–water partition coefficient (Wildman–Crippen LogP) is 1.92. The summed E-state index contributed by atoms with van der Waals surface area (Å²) in [4.78, 5) is 16.8. The maximum absolute atomic E-state index is 10.7. The molecule has 0 unspecified atom stereocenters. The van der Waals surface area contributed by atoms with Crippen molar-refractivity contribution in [2.24, 2.45) is 0 Å². The van der Waals surface area contributed by atoms with Crippen LogP contribution in [0.4, 0.5) is 5.82 Å². The van der Waals surface area contributed by atoms with E-state index in [2.05, 4.69) is 4.98 Å². The van der Waals surface area contributed by atoms with Gasteiger partial charge >= 0.3 is 0 Å². The van der Waals surface area contributed by atoms with Crippen LogP contribution in [-0.2, 0) is 0 Å². The Hall–Kier alpha value is -1.09. The van der Waals surface area contributed by atoms with Gasteiger partial charge < -0.3 is 4.90 Å². The minimum atomic E-state index is -0.474. The summed E-state index contributed by atoms with van der Waals surface area (Å²) >= 11 is 5.28. The van der Waals surface area contributed by atoms with Gasteiger partial charge in [-0.05, 0) is 30.7 Å². The van der Waals surface area contributed by atoms with Gasteiger partial charge in [-0.25, -0.2) is 4.98 Å². The van der Waals surface area contributed by atoms with Gasteiger partial charge in [0.25, 0.3) is 5.24 Å². The van der Waals surface area contributed by atoms with E-state index >= 15 is 0 Å². The van der Waals surface area contributed by atoms with Crippen LogP contribution in [0.3, 0.4) is 0 Å². The van der Waals surface area contributed by atoms with E-state index in [4.69, 9.17) is 11.6 Å². The first kappa shape index (κ1) is 9.99. The summed E-state index contributed by atoms with van der Waals surface area (Å²) in [7, 11) is 1.94. The summed E-state index contributed by atoms with van der Waals surface area (Å²) in [6.07, 6.45) is 1.48. The van der Waals surface area contributed by atoms with Crippen LogP contribution in [0.2, 0.25) is 0 Å². The second kappa shape index (κ2) is 4.23. The third-order valence-electron chi connectivity index (χ3n) is 1.84. The molecule has 0 amide bonds. The lowest BCUT2D eigenvalue weighted by Crippen LogP contribution is -2.17. The Morgan fingerprint density at radius 1 is 1.62 bits per heavy atom. The Morgan fingerprint density at radius 3 is 2.69 bits per heavy atom. The molecular formula is C9H11ClN2O. The fourth-order valence-electron chi connectivity index (χ4n) is 0.890. The molecule has 1 aromatic rings. The van der Waals surface area contributed by atoms with Crippen LogP contribution < -0.4 is 4.90 Å². The molecule has 13 heavy (non-hydrogen) atoms. The third-order valence-corrected chi connectivity index (χ3v) is 2.06. The molecule has 0 aliphatic heterocycles. The summed E-state index contributed by atoms with van der Waals surface area (Å²) in [5.41, 5.74) is 0.426. The van der Waals surface area contributed by atoms with E-state index in [1.807, 2.05) is 18.9 Å². The van der Waals surface area contributed by atoms with Crippen molar-refractivity contribution >= 4 is 22.7 Å². The average Bonchev–Trinajstić information content (AvgIpc) is 2.17. The molecule has 0 radical (unpaired) electrons. The summed E-state index contributed by atoms with van der Waals surface area (Å²) in [6, 6.07) is 3.45. The van der Waals surface area contributed by atoms with Crippen LogP contribution in [0.25, 0.3) is 0 Å². The number of hydrogen-bond acceptors (Lipinski definition) is 3. The van der Waals surface area contributed by atoms with Gasteiger partial charge in [0.2, 0.25) is 0 Å². The molecule has 0 fully saturated rings. The van der Waals surface area contributed by atoms with Gasteiger partial charge in [0.05, 0.1) is 5.56 Å². The Kier molecular flexibility index (Phi) is 3.25. The molecule has 0 aliphatic rings. The van der Waals surface area contributed by atoms with Gasteiger partial charge in [0, 0.05) is 19.8 Å². The van der Waals surface area contributed by atoms with Gasteiger partial charge in [-0.3, -0.25) is 4.79 Å². The molecule has 1 aromatic heterocycles. The Morgan fingerprint density at radius 2 is 2.31 bits per heavy atom. The van der Waals surface area contributed by atoms with Crippen LogP contribution in [0.1, 0.15) is 17.3 Å². The van der Waals surface area contributed by atoms with Crippen LogP contribution in [-0.4, -0.2) is 23.8 Å². The van der Waals surface area contributed by atoms with Gasteiger partial charge in [-0.1, -0.05) is 0 Å². The number of aromatic nitrogens is 1. The Bertz CT molecular complexity index is 297. The number of hydrogen-bond donors (Lipinski definition) is 0. The quantitative estimate of drug-likeness (QED) is 0.696. The van der Waals surface area contributed by atoms with E-state index in [1.165, 1.54) is 6.20 Å². The monoisotopic (exact) mass is 198 g/mol. The van der Waals surface area contributed by atoms with Crippen molar-refractivity contribution in [2.75, 3.05) is 18.5 Å². The first-order chi connectivity index (χ1) is 6.15. The lowest BCUT2D eigenvalue weighted by molar-refractivity contribution is 0.108. The molecular weight excluding hydrogens is 188 g/mol. The number of rotatable bonds is 3. The van der Waals surface area contributed by atoms with E-state index in [0.29, 0.717) is 5.56 Å². The molecule has 0 aromatic carbocycles. The average molecular weight is 199 g/mol. The van der Waals surface area contributed by atoms with E-state index in [9.17, 15) is 4.79 Å². The molecule has 0 N–H and O–H groups in total. The van der Waals surface area contributed by atoms with E-state index in [0.717, 1.165) is 12.4 Å². The van der Waals surface area contributed by atoms with Crippen molar-refractivity contribution in [1.29, 1.82) is 0 Å². The number of nitrogens with zero attached hydrogens (tertiary/aromatic N) is 2. The Labute approximate surface area is 82.3 Å². The smallest absolute Gasteiger partial charge is 0.253 e. The number of anilines is 1. The minimum Gasteiger partial charge on any atom is -0.360 e. The van der Waals surface area contributed by atoms with Gasteiger partial charge in [0.15, 0.2) is 0 Å². The fourth-order valence-corrected chi connectivity index (χ4v) is 1.00. The standard InChI is InChI=1S/C9H11ClN2O/c1-3-12(2)8-5-4-7(6-11-8)9(10)13/h4-6H,3H2,1-2H3. The summed E-state index contributed by atoms with van der Waals surface area (Å²) in [5, 5.41) is -0.474. The van der Waals surface area contributed by atoms with Crippen molar-refractivity contribution in [3.8, 4) is 0 Å². The topological polar surface area (TPSA) is 33.2 Å². The number of carbonyl (C=O) groups excluding carboxylic acids is 1. The van der Waals surface area contributed by atoms with Crippen LogP contribution in [0.5, 0.6) is 0 Å². The molecule has 4 heteroatoms. The third kappa shape index (κ3) is 2.42. The normalized spacial score (nSPS) is 9.77. The summed E-state index contributed by atoms with van der Waals surface area (Å²) < 4.78 is 0. The van der Waals surface area contributed by atoms with Gasteiger partial charge in [-0.15, -0.1) is 0 Å². The lowest BCUT2D eigenvalue weighted by atomic mass is 10.3. The van der Waals surface area contributed by atoms with Gasteiger partial charge in [0.1, 0.15) is 5.82 Å². The molecule has 1 rings (SSSR count). The largest absolute Gasteiger partial charge is 0.360 e. The van der Waals surface area contributed by atoms with Crippen molar-refractivity contribution in [1.82, 2.24) is 4.98 Å². The molecule has 0 atom stereocenters. The zero-order valence-electron chi connectivity index (χ0n) is 7.62. The Balaban J connectivity index is 2.87. The van der Waals surface area contributed by atoms with Crippen molar-refractivity contribution in [3.05, 3.63) is 23.9 Å². The minimum absolute atomic E-state index is 0.426. The molecule has 3 nitrogen and oxygen atoms in total. The molecule has 0 bridgehead atoms. The van der Waals surface area contributed by atoms with Crippen LogP contribution >= 0.6 is 11.6 Å². The number of pyridine rings is 1. The van der Waals surface area contributed by atoms with Crippen LogP contribution in [0.15, 0.2) is 18.3 Å². The van der Waals surface area contributed by atoms with Crippen molar-refractivity contribution in [3.63, 3.8) is 0 Å². The van der Waals surface area contributed by atoms with Crippen molar-refractivity contribution < 1.29 is 4.79 Å². The highest BCUT2D eigenvalue weighted by Gasteiger charge is 2.03. The maximum atomic E-state index is 10.7. The second-order valence-corrected chi connectivity index (χ2v) is 3.04. The zero-order valence-corrected chi connectivity index (χ0v) is 8.38. The van der Waals surface area contributed by atoms with Crippen LogP contribution in [0, 0.1) is 0 Å². The summed E-state index contributed by atoms with van der Waals surface area (Å²) in [5.74, 6) is 0.837. The number of carbonyl (C=O) groups is 1. The highest BCUT2D eigenvalue weighted by atomic mass is 35.5. The molecule has 70 valence electrons. The van der Waals surface area contributed by atoms with Crippen molar-refractivity contribution in [2.45, 2.75) is 6.92 Å². The molecule has 0 saturated carbocycles. The second-order valence-electron chi connectivity index (χ2n) is 2.69. The predicted molar refractivity (Wildman–Crippen MR) is 53.4 cm³/mol. The highest BCUT2D eigenvalue weighted by molar-refractivity contribution is 6.67. The zero-order chi connectivity index (χ0) is 9.84. The molecule has 1 heterocycles. The molecule has 0 aliphatic carbocycles. The number of halogens is 1. The highest BCUT2D eigenvalue weighted by Crippen LogP contribution is 2.10. The summed E-state index contributed by atoms with van der Waals surface area (Å²) in [6.45, 7) is 2.91. The molecule has 0 spiro atoms.